The molecule has 1 aliphatic rings. The number of thioether (sulfide) groups is 1. The standard InChI is InChI=1S/C24H26F2N4OS/c25-18-13-14-21(20(26)15-18)30-23(17-9-5-4-6-10-17)28-29-24(30)32-16-22(31)27-19-11-7-2-1-3-8-12-19/h4-6,9-10,13-15,19H,1-3,7-8,11-12,16H2,(H,27,31). The fourth-order valence-electron chi connectivity index (χ4n) is 4.02. The summed E-state index contributed by atoms with van der Waals surface area (Å²) in [6, 6.07) is 12.9. The van der Waals surface area contributed by atoms with Gasteiger partial charge in [0, 0.05) is 17.7 Å². The van der Waals surface area contributed by atoms with Crippen LogP contribution in [0.15, 0.2) is 53.7 Å². The zero-order valence-electron chi connectivity index (χ0n) is 17.8. The van der Waals surface area contributed by atoms with Gasteiger partial charge in [0.1, 0.15) is 11.6 Å². The van der Waals surface area contributed by atoms with Gasteiger partial charge in [0.25, 0.3) is 0 Å². The maximum absolute atomic E-state index is 14.7. The minimum atomic E-state index is -0.720. The fraction of sp³-hybridized carbons (Fsp3) is 0.375. The molecule has 1 saturated carbocycles. The van der Waals surface area contributed by atoms with Gasteiger partial charge in [-0.3, -0.25) is 9.36 Å². The van der Waals surface area contributed by atoms with E-state index in [1.807, 2.05) is 30.3 Å². The van der Waals surface area contributed by atoms with Crippen molar-refractivity contribution in [1.82, 2.24) is 20.1 Å². The Labute approximate surface area is 190 Å². The van der Waals surface area contributed by atoms with Gasteiger partial charge in [-0.15, -0.1) is 10.2 Å². The van der Waals surface area contributed by atoms with E-state index in [4.69, 9.17) is 0 Å². The van der Waals surface area contributed by atoms with Gasteiger partial charge in [-0.1, -0.05) is 74.2 Å². The number of amides is 1. The van der Waals surface area contributed by atoms with Crippen LogP contribution in [0.5, 0.6) is 0 Å². The summed E-state index contributed by atoms with van der Waals surface area (Å²) in [6.45, 7) is 0. The Morgan fingerprint density at radius 3 is 2.44 bits per heavy atom. The second kappa shape index (κ2) is 10.7. The smallest absolute Gasteiger partial charge is 0.230 e. The SMILES string of the molecule is O=C(CSc1nnc(-c2ccccc2)n1-c1ccc(F)cc1F)NC1CCCCCCC1. The summed E-state index contributed by atoms with van der Waals surface area (Å²) in [7, 11) is 0. The van der Waals surface area contributed by atoms with Crippen molar-refractivity contribution in [3.63, 3.8) is 0 Å². The molecule has 1 N–H and O–H groups in total. The molecule has 0 unspecified atom stereocenters. The minimum absolute atomic E-state index is 0.0732. The molecule has 1 heterocycles. The Hall–Kier alpha value is -2.74. The van der Waals surface area contributed by atoms with Crippen LogP contribution in [0.2, 0.25) is 0 Å². The van der Waals surface area contributed by atoms with E-state index >= 15 is 0 Å². The third-order valence-corrected chi connectivity index (χ3v) is 6.55. The van der Waals surface area contributed by atoms with Crippen molar-refractivity contribution >= 4 is 17.7 Å². The normalized spacial score (nSPS) is 15.2. The molecule has 2 aromatic carbocycles. The minimum Gasteiger partial charge on any atom is -0.353 e. The molecule has 0 radical (unpaired) electrons. The Balaban J connectivity index is 1.54. The van der Waals surface area contributed by atoms with Crippen LogP contribution in [0.25, 0.3) is 17.1 Å². The number of rotatable bonds is 6. The van der Waals surface area contributed by atoms with E-state index in [2.05, 4.69) is 15.5 Å². The van der Waals surface area contributed by atoms with Gasteiger partial charge in [-0.2, -0.15) is 0 Å². The van der Waals surface area contributed by atoms with E-state index in [1.165, 1.54) is 47.7 Å². The van der Waals surface area contributed by atoms with Crippen LogP contribution in [0.3, 0.4) is 0 Å². The summed E-state index contributed by atoms with van der Waals surface area (Å²) in [5.74, 6) is -0.877. The van der Waals surface area contributed by atoms with E-state index in [1.54, 1.807) is 0 Å². The van der Waals surface area contributed by atoms with Crippen molar-refractivity contribution in [2.24, 2.45) is 0 Å². The number of halogens is 2. The number of hydrogen-bond acceptors (Lipinski definition) is 4. The van der Waals surface area contributed by atoms with E-state index in [-0.39, 0.29) is 23.4 Å². The molecule has 0 atom stereocenters. The molecular weight excluding hydrogens is 430 g/mol. The average molecular weight is 457 g/mol. The molecule has 168 valence electrons. The van der Waals surface area contributed by atoms with Crippen LogP contribution in [-0.4, -0.2) is 32.5 Å². The lowest BCUT2D eigenvalue weighted by Crippen LogP contribution is -2.36. The van der Waals surface area contributed by atoms with E-state index in [0.717, 1.165) is 37.3 Å². The number of benzene rings is 2. The van der Waals surface area contributed by atoms with E-state index in [9.17, 15) is 13.6 Å². The second-order valence-electron chi connectivity index (χ2n) is 8.00. The lowest BCUT2D eigenvalue weighted by Gasteiger charge is -2.21. The molecule has 1 aromatic heterocycles. The van der Waals surface area contributed by atoms with Gasteiger partial charge < -0.3 is 5.32 Å². The van der Waals surface area contributed by atoms with Crippen LogP contribution in [0, 0.1) is 11.6 Å². The Morgan fingerprint density at radius 2 is 1.72 bits per heavy atom. The molecule has 0 bridgehead atoms. The Morgan fingerprint density at radius 1 is 1.00 bits per heavy atom. The summed E-state index contributed by atoms with van der Waals surface area (Å²) < 4.78 is 29.7. The van der Waals surface area contributed by atoms with Crippen LogP contribution in [0.1, 0.15) is 44.9 Å². The molecule has 4 rings (SSSR count). The number of aromatic nitrogens is 3. The summed E-state index contributed by atoms with van der Waals surface area (Å²) >= 11 is 1.19. The average Bonchev–Trinajstić information content (AvgIpc) is 3.18. The number of nitrogens with zero attached hydrogens (tertiary/aromatic N) is 3. The van der Waals surface area contributed by atoms with Gasteiger partial charge >= 0.3 is 0 Å². The third kappa shape index (κ3) is 5.54. The summed E-state index contributed by atoms with van der Waals surface area (Å²) in [4.78, 5) is 12.6. The first-order chi connectivity index (χ1) is 15.6. The monoisotopic (exact) mass is 456 g/mol. The van der Waals surface area contributed by atoms with Crippen molar-refractivity contribution in [3.8, 4) is 17.1 Å². The van der Waals surface area contributed by atoms with Gasteiger partial charge in [0.05, 0.1) is 11.4 Å². The summed E-state index contributed by atoms with van der Waals surface area (Å²) in [6.07, 6.45) is 7.99. The highest BCUT2D eigenvalue weighted by molar-refractivity contribution is 7.99. The highest BCUT2D eigenvalue weighted by Crippen LogP contribution is 2.29. The zero-order valence-corrected chi connectivity index (χ0v) is 18.6. The van der Waals surface area contributed by atoms with Gasteiger partial charge in [-0.25, -0.2) is 8.78 Å². The van der Waals surface area contributed by atoms with Crippen molar-refractivity contribution in [3.05, 3.63) is 60.2 Å². The van der Waals surface area contributed by atoms with Crippen LogP contribution in [-0.2, 0) is 4.79 Å². The van der Waals surface area contributed by atoms with E-state index < -0.39 is 11.6 Å². The molecule has 1 aliphatic carbocycles. The molecule has 32 heavy (non-hydrogen) atoms. The molecule has 5 nitrogen and oxygen atoms in total. The highest BCUT2D eigenvalue weighted by Gasteiger charge is 2.21. The topological polar surface area (TPSA) is 59.8 Å². The highest BCUT2D eigenvalue weighted by atomic mass is 32.2. The number of nitrogens with one attached hydrogen (secondary N) is 1. The predicted molar refractivity (Wildman–Crippen MR) is 122 cm³/mol. The number of hydrogen-bond donors (Lipinski definition) is 1. The van der Waals surface area contributed by atoms with Gasteiger partial charge in [0.15, 0.2) is 11.0 Å². The largest absolute Gasteiger partial charge is 0.353 e. The van der Waals surface area contributed by atoms with E-state index in [0.29, 0.717) is 11.0 Å². The summed E-state index contributed by atoms with van der Waals surface area (Å²) in [5.41, 5.74) is 0.882. The predicted octanol–water partition coefficient (Wildman–Crippen LogP) is 5.53. The van der Waals surface area contributed by atoms with Crippen molar-refractivity contribution in [2.45, 2.75) is 56.1 Å². The molecule has 0 saturated heterocycles. The van der Waals surface area contributed by atoms with Crippen molar-refractivity contribution in [1.29, 1.82) is 0 Å². The Bertz CT molecular complexity index is 1050. The maximum atomic E-state index is 14.7. The zero-order chi connectivity index (χ0) is 22.3. The second-order valence-corrected chi connectivity index (χ2v) is 8.94. The molecule has 1 amide bonds. The summed E-state index contributed by atoms with van der Waals surface area (Å²) in [5, 5.41) is 12.0. The van der Waals surface area contributed by atoms with Crippen LogP contribution < -0.4 is 5.32 Å². The van der Waals surface area contributed by atoms with Crippen LogP contribution in [0.4, 0.5) is 8.78 Å². The molecule has 1 fully saturated rings. The van der Waals surface area contributed by atoms with Gasteiger partial charge in [-0.05, 0) is 25.0 Å². The maximum Gasteiger partial charge on any atom is 0.230 e. The lowest BCUT2D eigenvalue weighted by molar-refractivity contribution is -0.119. The number of carbonyl (C=O) groups is 1. The van der Waals surface area contributed by atoms with Crippen molar-refractivity contribution < 1.29 is 13.6 Å². The van der Waals surface area contributed by atoms with Crippen LogP contribution >= 0.6 is 11.8 Å². The molecule has 3 aromatic rings. The third-order valence-electron chi connectivity index (χ3n) is 5.62. The molecular formula is C24H26F2N4OS. The van der Waals surface area contributed by atoms with Crippen molar-refractivity contribution in [2.75, 3.05) is 5.75 Å². The first-order valence-corrected chi connectivity index (χ1v) is 12.0. The Kier molecular flexibility index (Phi) is 7.52. The quantitative estimate of drug-likeness (QED) is 0.495. The first kappa shape index (κ1) is 22.5. The first-order valence-electron chi connectivity index (χ1n) is 11.0. The molecule has 8 heteroatoms. The lowest BCUT2D eigenvalue weighted by atomic mass is 9.97. The molecule has 0 spiro atoms. The molecule has 0 aliphatic heterocycles. The van der Waals surface area contributed by atoms with Gasteiger partial charge in [0.2, 0.25) is 5.91 Å². The fourth-order valence-corrected chi connectivity index (χ4v) is 4.77. The number of carbonyl (C=O) groups excluding carboxylic acids is 1.